The van der Waals surface area contributed by atoms with Crippen LogP contribution >= 0.6 is 24.0 Å². The molecule has 2 aliphatic rings. The number of hydrogen-bond acceptors (Lipinski definition) is 8. The van der Waals surface area contributed by atoms with Gasteiger partial charge in [0.1, 0.15) is 21.6 Å². The van der Waals surface area contributed by atoms with Gasteiger partial charge in [-0.3, -0.25) is 14.4 Å². The quantitative estimate of drug-likeness (QED) is 0.265. The standard InChI is InChI=1S/C29H26N2O6S2/c32-22-9-4-8-20-24(22)27(35)25-21(26(20)34)16-18(17-23(25)33)28(36)30-10-12-31(13-11-30)29(38)39-15-5-14-37-19-6-2-1-3-7-19/h1-4,6-9,16-17,32-33H,5,10-15H2. The predicted octanol–water partition coefficient (Wildman–Crippen LogP) is 4.12. The van der Waals surface area contributed by atoms with E-state index in [9.17, 15) is 24.6 Å². The molecule has 0 radical (unpaired) electrons. The lowest BCUT2D eigenvalue weighted by Gasteiger charge is -2.36. The molecule has 3 aromatic rings. The summed E-state index contributed by atoms with van der Waals surface area (Å²) in [6, 6.07) is 16.5. The summed E-state index contributed by atoms with van der Waals surface area (Å²) in [5, 5.41) is 20.7. The van der Waals surface area contributed by atoms with E-state index in [0.717, 1.165) is 22.2 Å². The predicted molar refractivity (Wildman–Crippen MR) is 152 cm³/mol. The number of phenolic OH excluding ortho intramolecular Hbond substituents is 2. The minimum absolute atomic E-state index is 0.0442. The van der Waals surface area contributed by atoms with Gasteiger partial charge in [0.05, 0.1) is 17.7 Å². The van der Waals surface area contributed by atoms with Crippen LogP contribution in [0.4, 0.5) is 0 Å². The Labute approximate surface area is 235 Å². The van der Waals surface area contributed by atoms with Crippen LogP contribution < -0.4 is 4.74 Å². The van der Waals surface area contributed by atoms with Gasteiger partial charge >= 0.3 is 0 Å². The summed E-state index contributed by atoms with van der Waals surface area (Å²) in [6.45, 7) is 2.60. The molecule has 1 fully saturated rings. The molecule has 0 bridgehead atoms. The molecule has 0 aromatic heterocycles. The van der Waals surface area contributed by atoms with Crippen molar-refractivity contribution in [2.45, 2.75) is 6.42 Å². The van der Waals surface area contributed by atoms with Gasteiger partial charge in [0.2, 0.25) is 5.78 Å². The van der Waals surface area contributed by atoms with Gasteiger partial charge in [0.25, 0.3) is 5.91 Å². The Hall–Kier alpha value is -3.89. The highest BCUT2D eigenvalue weighted by Gasteiger charge is 2.35. The number of carbonyl (C=O) groups excluding carboxylic acids is 3. The molecule has 1 saturated heterocycles. The van der Waals surface area contributed by atoms with Crippen molar-refractivity contribution in [2.24, 2.45) is 0 Å². The molecular weight excluding hydrogens is 536 g/mol. The number of amides is 1. The molecule has 200 valence electrons. The molecule has 0 unspecified atom stereocenters. The monoisotopic (exact) mass is 562 g/mol. The number of aromatic hydroxyl groups is 2. The summed E-state index contributed by atoms with van der Waals surface area (Å²) in [7, 11) is 0. The maximum Gasteiger partial charge on any atom is 0.254 e. The van der Waals surface area contributed by atoms with Crippen molar-refractivity contribution in [3.05, 3.63) is 88.5 Å². The molecule has 1 aliphatic carbocycles. The largest absolute Gasteiger partial charge is 0.507 e. The van der Waals surface area contributed by atoms with E-state index >= 15 is 0 Å². The van der Waals surface area contributed by atoms with Crippen molar-refractivity contribution in [3.8, 4) is 17.2 Å². The highest BCUT2D eigenvalue weighted by atomic mass is 32.2. The third kappa shape index (κ3) is 5.48. The van der Waals surface area contributed by atoms with Crippen molar-refractivity contribution in [3.63, 3.8) is 0 Å². The summed E-state index contributed by atoms with van der Waals surface area (Å²) in [4.78, 5) is 43.0. The molecule has 5 rings (SSSR count). The lowest BCUT2D eigenvalue weighted by molar-refractivity contribution is 0.0694. The molecule has 1 amide bonds. The van der Waals surface area contributed by atoms with E-state index in [0.29, 0.717) is 32.8 Å². The van der Waals surface area contributed by atoms with Crippen molar-refractivity contribution in [1.82, 2.24) is 9.80 Å². The minimum atomic E-state index is -0.652. The van der Waals surface area contributed by atoms with Crippen molar-refractivity contribution in [1.29, 1.82) is 0 Å². The number of ether oxygens (including phenoxy) is 1. The normalized spacial score (nSPS) is 14.6. The van der Waals surface area contributed by atoms with Gasteiger partial charge in [-0.2, -0.15) is 0 Å². The van der Waals surface area contributed by atoms with E-state index in [4.69, 9.17) is 17.0 Å². The first-order valence-electron chi connectivity index (χ1n) is 12.5. The molecule has 0 saturated carbocycles. The molecule has 39 heavy (non-hydrogen) atoms. The lowest BCUT2D eigenvalue weighted by atomic mass is 9.82. The van der Waals surface area contributed by atoms with Crippen LogP contribution in [0.5, 0.6) is 17.2 Å². The fourth-order valence-corrected chi connectivity index (χ4v) is 5.93. The van der Waals surface area contributed by atoms with Gasteiger partial charge < -0.3 is 24.7 Å². The number of rotatable bonds is 6. The third-order valence-electron chi connectivity index (χ3n) is 6.70. The third-order valence-corrected chi connectivity index (χ3v) is 8.31. The Bertz CT molecular complexity index is 1450. The van der Waals surface area contributed by atoms with Crippen molar-refractivity contribution < 1.29 is 29.3 Å². The van der Waals surface area contributed by atoms with Gasteiger partial charge in [-0.05, 0) is 36.8 Å². The molecule has 0 spiro atoms. The first-order valence-corrected chi connectivity index (χ1v) is 13.9. The Kier molecular flexibility index (Phi) is 7.85. The van der Waals surface area contributed by atoms with Crippen LogP contribution in [0.15, 0.2) is 60.7 Å². The van der Waals surface area contributed by atoms with Crippen molar-refractivity contribution >= 4 is 45.8 Å². The number of nitrogens with zero attached hydrogens (tertiary/aromatic N) is 2. The zero-order valence-corrected chi connectivity index (χ0v) is 22.6. The van der Waals surface area contributed by atoms with E-state index in [1.165, 1.54) is 30.3 Å². The fraction of sp³-hybridized carbons (Fsp3) is 0.241. The zero-order valence-electron chi connectivity index (χ0n) is 21.0. The molecule has 0 atom stereocenters. The average molecular weight is 563 g/mol. The SMILES string of the molecule is O=C1c2cccc(O)c2C(=O)c2c(O)cc(C(=O)N3CCN(C(=S)SCCCOc4ccccc4)CC3)cc21. The van der Waals surface area contributed by atoms with E-state index < -0.39 is 17.3 Å². The van der Waals surface area contributed by atoms with E-state index in [1.54, 1.807) is 16.7 Å². The first kappa shape index (κ1) is 26.7. The van der Waals surface area contributed by atoms with Crippen LogP contribution in [-0.2, 0) is 0 Å². The Morgan fingerprint density at radius 3 is 2.28 bits per heavy atom. The number of piperazine rings is 1. The molecule has 1 aliphatic heterocycles. The van der Waals surface area contributed by atoms with Crippen molar-refractivity contribution in [2.75, 3.05) is 38.5 Å². The van der Waals surface area contributed by atoms with Gasteiger partial charge in [-0.1, -0.05) is 54.3 Å². The number of thiocarbonyl (C=S) groups is 1. The number of thioether (sulfide) groups is 1. The second-order valence-corrected chi connectivity index (χ2v) is 10.9. The number of benzene rings is 3. The topological polar surface area (TPSA) is 107 Å². The van der Waals surface area contributed by atoms with Gasteiger partial charge in [-0.25, -0.2) is 0 Å². The Balaban J connectivity index is 1.17. The molecule has 10 heteroatoms. The molecular formula is C29H26N2O6S2. The average Bonchev–Trinajstić information content (AvgIpc) is 2.95. The van der Waals surface area contributed by atoms with Crippen LogP contribution in [0, 0.1) is 0 Å². The van der Waals surface area contributed by atoms with E-state index in [2.05, 4.69) is 4.90 Å². The minimum Gasteiger partial charge on any atom is -0.507 e. The zero-order chi connectivity index (χ0) is 27.5. The number of ketones is 2. The molecule has 8 nitrogen and oxygen atoms in total. The summed E-state index contributed by atoms with van der Waals surface area (Å²) in [6.07, 6.45) is 0.852. The first-order chi connectivity index (χ1) is 18.8. The highest BCUT2D eigenvalue weighted by molar-refractivity contribution is 8.22. The van der Waals surface area contributed by atoms with Gasteiger partial charge in [0.15, 0.2) is 5.78 Å². The maximum absolute atomic E-state index is 13.3. The summed E-state index contributed by atoms with van der Waals surface area (Å²) in [5.74, 6) is -0.639. The number of carbonyl (C=O) groups is 3. The number of para-hydroxylation sites is 1. The van der Waals surface area contributed by atoms with Crippen LogP contribution in [0.3, 0.4) is 0 Å². The van der Waals surface area contributed by atoms with Gasteiger partial charge in [0, 0.05) is 48.6 Å². The number of phenols is 2. The lowest BCUT2D eigenvalue weighted by Crippen LogP contribution is -2.49. The maximum atomic E-state index is 13.3. The van der Waals surface area contributed by atoms with Gasteiger partial charge in [-0.15, -0.1) is 0 Å². The molecule has 3 aromatic carbocycles. The van der Waals surface area contributed by atoms with Crippen LogP contribution in [0.1, 0.15) is 48.6 Å². The molecule has 2 N–H and O–H groups in total. The second kappa shape index (κ2) is 11.5. The summed E-state index contributed by atoms with van der Waals surface area (Å²) < 4.78 is 6.49. The van der Waals surface area contributed by atoms with Crippen LogP contribution in [-0.4, -0.2) is 80.3 Å². The fourth-order valence-electron chi connectivity index (χ4n) is 4.70. The Morgan fingerprint density at radius 1 is 0.846 bits per heavy atom. The molecule has 1 heterocycles. The smallest absolute Gasteiger partial charge is 0.254 e. The van der Waals surface area contributed by atoms with Crippen LogP contribution in [0.2, 0.25) is 0 Å². The van der Waals surface area contributed by atoms with E-state index in [-0.39, 0.29) is 39.5 Å². The Morgan fingerprint density at radius 2 is 1.54 bits per heavy atom. The van der Waals surface area contributed by atoms with Crippen LogP contribution in [0.25, 0.3) is 0 Å². The second-order valence-electron chi connectivity index (χ2n) is 9.18. The summed E-state index contributed by atoms with van der Waals surface area (Å²) in [5.41, 5.74) is -0.221. The number of fused-ring (bicyclic) bond motifs is 2. The number of hydrogen-bond donors (Lipinski definition) is 2. The summed E-state index contributed by atoms with van der Waals surface area (Å²) >= 11 is 7.18. The highest BCUT2D eigenvalue weighted by Crippen LogP contribution is 2.37. The van der Waals surface area contributed by atoms with E-state index in [1.807, 2.05) is 30.3 Å².